The van der Waals surface area contributed by atoms with Gasteiger partial charge in [0.1, 0.15) is 5.75 Å². The van der Waals surface area contributed by atoms with E-state index in [0.29, 0.717) is 23.7 Å². The molecule has 19 heavy (non-hydrogen) atoms. The van der Waals surface area contributed by atoms with Crippen LogP contribution in [-0.4, -0.2) is 20.2 Å². The number of pyridine rings is 1. The monoisotopic (exact) mass is 253 g/mol. The van der Waals surface area contributed by atoms with Crippen molar-refractivity contribution in [2.45, 2.75) is 6.42 Å². The molecule has 0 aliphatic heterocycles. The van der Waals surface area contributed by atoms with Crippen molar-refractivity contribution in [2.24, 2.45) is 0 Å². The van der Waals surface area contributed by atoms with Crippen molar-refractivity contribution < 1.29 is 9.63 Å². The van der Waals surface area contributed by atoms with Crippen LogP contribution in [0.1, 0.15) is 11.4 Å². The molecule has 1 aromatic carbocycles. The van der Waals surface area contributed by atoms with Gasteiger partial charge < -0.3 is 9.63 Å². The van der Waals surface area contributed by atoms with E-state index >= 15 is 0 Å². The molecule has 5 heteroatoms. The number of rotatable bonds is 3. The number of aromatic nitrogens is 3. The Balaban J connectivity index is 1.84. The van der Waals surface area contributed by atoms with E-state index < -0.39 is 0 Å². The number of hydrogen-bond donors (Lipinski definition) is 1. The Morgan fingerprint density at radius 3 is 2.89 bits per heavy atom. The Kier molecular flexibility index (Phi) is 2.94. The summed E-state index contributed by atoms with van der Waals surface area (Å²) >= 11 is 0. The van der Waals surface area contributed by atoms with E-state index in [4.69, 9.17) is 4.52 Å². The minimum atomic E-state index is 0.171. The van der Waals surface area contributed by atoms with Gasteiger partial charge in [-0.3, -0.25) is 4.98 Å². The summed E-state index contributed by atoms with van der Waals surface area (Å²) in [5.41, 5.74) is 1.72. The fourth-order valence-electron chi connectivity index (χ4n) is 1.77. The first kappa shape index (κ1) is 11.4. The van der Waals surface area contributed by atoms with Gasteiger partial charge in [0.05, 0.1) is 0 Å². The van der Waals surface area contributed by atoms with Gasteiger partial charge in [-0.2, -0.15) is 4.98 Å². The molecule has 0 saturated carbocycles. The zero-order valence-electron chi connectivity index (χ0n) is 10.0. The second-order valence-electron chi connectivity index (χ2n) is 4.10. The number of phenols is 1. The lowest BCUT2D eigenvalue weighted by Gasteiger charge is -1.95. The van der Waals surface area contributed by atoms with Gasteiger partial charge in [-0.25, -0.2) is 0 Å². The Morgan fingerprint density at radius 2 is 2.11 bits per heavy atom. The quantitative estimate of drug-likeness (QED) is 0.776. The zero-order chi connectivity index (χ0) is 13.1. The summed E-state index contributed by atoms with van der Waals surface area (Å²) in [5.74, 6) is 1.16. The highest BCUT2D eigenvalue weighted by Crippen LogP contribution is 2.21. The highest BCUT2D eigenvalue weighted by molar-refractivity contribution is 5.55. The van der Waals surface area contributed by atoms with Gasteiger partial charge >= 0.3 is 0 Å². The summed E-state index contributed by atoms with van der Waals surface area (Å²) < 4.78 is 5.19. The maximum atomic E-state index is 9.42. The van der Waals surface area contributed by atoms with E-state index in [2.05, 4.69) is 15.1 Å². The number of aromatic hydroxyl groups is 1. The second kappa shape index (κ2) is 4.89. The SMILES string of the molecule is Oc1cccc(-c2nc(Cc3cccnc3)no2)c1. The molecule has 0 radical (unpaired) electrons. The number of phenolic OH excluding ortho intramolecular Hbond substituents is 1. The number of nitrogens with zero attached hydrogens (tertiary/aromatic N) is 3. The fraction of sp³-hybridized carbons (Fsp3) is 0.0714. The Morgan fingerprint density at radius 1 is 1.16 bits per heavy atom. The van der Waals surface area contributed by atoms with Crippen LogP contribution in [0.4, 0.5) is 0 Å². The first-order valence-electron chi connectivity index (χ1n) is 5.82. The normalized spacial score (nSPS) is 10.5. The maximum Gasteiger partial charge on any atom is 0.258 e. The van der Waals surface area contributed by atoms with Gasteiger partial charge in [0.15, 0.2) is 5.82 Å². The lowest BCUT2D eigenvalue weighted by molar-refractivity contribution is 0.423. The maximum absolute atomic E-state index is 9.42. The summed E-state index contributed by atoms with van der Waals surface area (Å²) in [6.07, 6.45) is 4.05. The summed E-state index contributed by atoms with van der Waals surface area (Å²) in [4.78, 5) is 8.34. The highest BCUT2D eigenvalue weighted by atomic mass is 16.5. The molecule has 0 amide bonds. The fourth-order valence-corrected chi connectivity index (χ4v) is 1.77. The lowest BCUT2D eigenvalue weighted by Crippen LogP contribution is -1.91. The van der Waals surface area contributed by atoms with Crippen molar-refractivity contribution in [3.8, 4) is 17.2 Å². The van der Waals surface area contributed by atoms with Crippen LogP contribution in [-0.2, 0) is 6.42 Å². The van der Waals surface area contributed by atoms with E-state index in [9.17, 15) is 5.11 Å². The predicted molar refractivity (Wildman–Crippen MR) is 68.4 cm³/mol. The van der Waals surface area contributed by atoms with Crippen molar-refractivity contribution in [3.05, 3.63) is 60.2 Å². The van der Waals surface area contributed by atoms with Crippen LogP contribution in [0.5, 0.6) is 5.75 Å². The molecule has 3 rings (SSSR count). The first-order valence-corrected chi connectivity index (χ1v) is 5.82. The van der Waals surface area contributed by atoms with Gasteiger partial charge in [-0.05, 0) is 29.8 Å². The van der Waals surface area contributed by atoms with E-state index in [0.717, 1.165) is 5.56 Å². The van der Waals surface area contributed by atoms with Crippen molar-refractivity contribution >= 4 is 0 Å². The second-order valence-corrected chi connectivity index (χ2v) is 4.10. The van der Waals surface area contributed by atoms with Crippen LogP contribution in [0.2, 0.25) is 0 Å². The van der Waals surface area contributed by atoms with Crippen LogP contribution in [0, 0.1) is 0 Å². The minimum absolute atomic E-state index is 0.171. The molecule has 1 N–H and O–H groups in total. The predicted octanol–water partition coefficient (Wildman–Crippen LogP) is 2.43. The van der Waals surface area contributed by atoms with E-state index in [1.165, 1.54) is 0 Å². The summed E-state index contributed by atoms with van der Waals surface area (Å²) in [6.45, 7) is 0. The summed E-state index contributed by atoms with van der Waals surface area (Å²) in [7, 11) is 0. The van der Waals surface area contributed by atoms with Crippen molar-refractivity contribution in [2.75, 3.05) is 0 Å². The standard InChI is InChI=1S/C14H11N3O2/c18-12-5-1-4-11(8-12)14-16-13(17-19-14)7-10-3-2-6-15-9-10/h1-6,8-9,18H,7H2. The molecule has 94 valence electrons. The molecule has 3 aromatic rings. The summed E-state index contributed by atoms with van der Waals surface area (Å²) in [5, 5.41) is 13.3. The first-order chi connectivity index (χ1) is 9.31. The van der Waals surface area contributed by atoms with Crippen LogP contribution < -0.4 is 0 Å². The Labute approximate surface area is 109 Å². The average Bonchev–Trinajstić information content (AvgIpc) is 2.88. The van der Waals surface area contributed by atoms with Gasteiger partial charge in [0.2, 0.25) is 0 Å². The third-order valence-corrected chi connectivity index (χ3v) is 2.65. The van der Waals surface area contributed by atoms with E-state index in [1.807, 2.05) is 12.1 Å². The van der Waals surface area contributed by atoms with Crippen LogP contribution >= 0.6 is 0 Å². The number of hydrogen-bond acceptors (Lipinski definition) is 5. The smallest absolute Gasteiger partial charge is 0.258 e. The van der Waals surface area contributed by atoms with Gasteiger partial charge in [-0.1, -0.05) is 17.3 Å². The molecule has 0 aliphatic carbocycles. The number of benzene rings is 1. The van der Waals surface area contributed by atoms with Gasteiger partial charge in [0, 0.05) is 24.4 Å². The van der Waals surface area contributed by atoms with Crippen molar-refractivity contribution in [1.82, 2.24) is 15.1 Å². The molecule has 0 atom stereocenters. The molecule has 0 unspecified atom stereocenters. The Bertz CT molecular complexity index is 680. The highest BCUT2D eigenvalue weighted by Gasteiger charge is 2.09. The van der Waals surface area contributed by atoms with Gasteiger partial charge in [0.25, 0.3) is 5.89 Å². The van der Waals surface area contributed by atoms with Crippen molar-refractivity contribution in [3.63, 3.8) is 0 Å². The van der Waals surface area contributed by atoms with Crippen LogP contribution in [0.3, 0.4) is 0 Å². The molecule has 0 fully saturated rings. The largest absolute Gasteiger partial charge is 0.508 e. The summed E-state index contributed by atoms with van der Waals surface area (Å²) in [6, 6.07) is 10.5. The van der Waals surface area contributed by atoms with Crippen LogP contribution in [0.15, 0.2) is 53.3 Å². The average molecular weight is 253 g/mol. The van der Waals surface area contributed by atoms with E-state index in [-0.39, 0.29) is 5.75 Å². The molecular formula is C14H11N3O2. The molecule has 2 aromatic heterocycles. The third kappa shape index (κ3) is 2.60. The molecular weight excluding hydrogens is 242 g/mol. The molecule has 0 saturated heterocycles. The molecule has 2 heterocycles. The van der Waals surface area contributed by atoms with Crippen LogP contribution in [0.25, 0.3) is 11.5 Å². The molecule has 0 spiro atoms. The van der Waals surface area contributed by atoms with E-state index in [1.54, 1.807) is 36.7 Å². The molecule has 0 bridgehead atoms. The topological polar surface area (TPSA) is 72.0 Å². The molecule has 5 nitrogen and oxygen atoms in total. The lowest BCUT2D eigenvalue weighted by atomic mass is 10.2. The molecule has 0 aliphatic rings. The van der Waals surface area contributed by atoms with Gasteiger partial charge in [-0.15, -0.1) is 0 Å². The zero-order valence-corrected chi connectivity index (χ0v) is 10.0. The Hall–Kier alpha value is -2.69. The van der Waals surface area contributed by atoms with Crippen molar-refractivity contribution in [1.29, 1.82) is 0 Å². The minimum Gasteiger partial charge on any atom is -0.508 e. The third-order valence-electron chi connectivity index (χ3n) is 2.65.